The molecule has 130 valence electrons. The second-order valence-corrected chi connectivity index (χ2v) is 8.05. The second kappa shape index (κ2) is 7.66. The van der Waals surface area contributed by atoms with Crippen molar-refractivity contribution in [2.75, 3.05) is 0 Å². The molecular formula is C20H15ClN2OS2. The summed E-state index contributed by atoms with van der Waals surface area (Å²) in [5.74, 6) is 0.663. The molecule has 0 N–H and O–H groups in total. The van der Waals surface area contributed by atoms with Gasteiger partial charge in [0.25, 0.3) is 5.56 Å². The van der Waals surface area contributed by atoms with Crippen LogP contribution in [0.25, 0.3) is 10.2 Å². The van der Waals surface area contributed by atoms with Crippen molar-refractivity contribution >= 4 is 44.9 Å². The fourth-order valence-corrected chi connectivity index (χ4v) is 4.76. The Bertz CT molecular complexity index is 1110. The van der Waals surface area contributed by atoms with Gasteiger partial charge in [0.05, 0.1) is 12.1 Å². The summed E-state index contributed by atoms with van der Waals surface area (Å²) in [7, 11) is 0. The van der Waals surface area contributed by atoms with Crippen LogP contribution in [0.3, 0.4) is 0 Å². The van der Waals surface area contributed by atoms with Gasteiger partial charge in [0.15, 0.2) is 5.16 Å². The number of nitrogens with zero attached hydrogens (tertiary/aromatic N) is 2. The highest BCUT2D eigenvalue weighted by Crippen LogP contribution is 2.27. The molecule has 0 aliphatic heterocycles. The van der Waals surface area contributed by atoms with Crippen LogP contribution in [0, 0.1) is 0 Å². The van der Waals surface area contributed by atoms with Crippen molar-refractivity contribution in [1.82, 2.24) is 9.55 Å². The maximum absolute atomic E-state index is 13.0. The number of thiophene rings is 1. The lowest BCUT2D eigenvalue weighted by atomic mass is 10.2. The number of halogens is 1. The van der Waals surface area contributed by atoms with Gasteiger partial charge in [-0.2, -0.15) is 0 Å². The summed E-state index contributed by atoms with van der Waals surface area (Å²) in [5, 5.41) is 3.35. The van der Waals surface area contributed by atoms with E-state index in [9.17, 15) is 4.79 Å². The van der Waals surface area contributed by atoms with Gasteiger partial charge < -0.3 is 0 Å². The lowest BCUT2D eigenvalue weighted by Gasteiger charge is -2.12. The van der Waals surface area contributed by atoms with Gasteiger partial charge in [-0.15, -0.1) is 11.3 Å². The molecule has 0 radical (unpaired) electrons. The highest BCUT2D eigenvalue weighted by molar-refractivity contribution is 7.98. The van der Waals surface area contributed by atoms with E-state index >= 15 is 0 Å². The van der Waals surface area contributed by atoms with Crippen LogP contribution in [-0.2, 0) is 12.3 Å². The number of hydrogen-bond donors (Lipinski definition) is 0. The van der Waals surface area contributed by atoms with Gasteiger partial charge in [0, 0.05) is 10.8 Å². The molecule has 0 amide bonds. The molecule has 0 saturated carbocycles. The van der Waals surface area contributed by atoms with Gasteiger partial charge >= 0.3 is 0 Å². The predicted octanol–water partition coefficient (Wildman–Crippen LogP) is 5.45. The van der Waals surface area contributed by atoms with Crippen molar-refractivity contribution in [1.29, 1.82) is 0 Å². The summed E-state index contributed by atoms with van der Waals surface area (Å²) in [6, 6.07) is 19.6. The summed E-state index contributed by atoms with van der Waals surface area (Å²) in [6.45, 7) is 0.505. The molecule has 0 aliphatic carbocycles. The fraction of sp³-hybridized carbons (Fsp3) is 0.100. The summed E-state index contributed by atoms with van der Waals surface area (Å²) in [4.78, 5) is 17.7. The minimum atomic E-state index is 0.00973. The Kier molecular flexibility index (Phi) is 5.11. The smallest absolute Gasteiger partial charge is 0.272 e. The number of rotatable bonds is 5. The average molecular weight is 399 g/mol. The Balaban J connectivity index is 1.73. The highest BCUT2D eigenvalue weighted by Gasteiger charge is 2.14. The van der Waals surface area contributed by atoms with E-state index in [1.165, 1.54) is 23.1 Å². The standard InChI is InChI=1S/C20H15ClN2OS2/c21-16-9-5-4-8-15(16)13-26-20-22-17-10-11-25-18(17)19(24)23(20)12-14-6-2-1-3-7-14/h1-11H,12-13H2. The first-order chi connectivity index (χ1) is 12.7. The number of fused-ring (bicyclic) bond motifs is 1. The SMILES string of the molecule is O=c1c2sccc2nc(SCc2ccccc2Cl)n1Cc1ccccc1. The topological polar surface area (TPSA) is 34.9 Å². The highest BCUT2D eigenvalue weighted by atomic mass is 35.5. The van der Waals surface area contributed by atoms with Crippen LogP contribution in [0.2, 0.25) is 5.02 Å². The van der Waals surface area contributed by atoms with E-state index in [0.717, 1.165) is 21.7 Å². The summed E-state index contributed by atoms with van der Waals surface area (Å²) in [6.07, 6.45) is 0. The molecule has 6 heteroatoms. The van der Waals surface area contributed by atoms with E-state index in [1.54, 1.807) is 4.57 Å². The lowest BCUT2D eigenvalue weighted by Crippen LogP contribution is -2.23. The zero-order valence-electron chi connectivity index (χ0n) is 13.8. The average Bonchev–Trinajstić information content (AvgIpc) is 3.13. The molecule has 0 bridgehead atoms. The third kappa shape index (κ3) is 3.56. The Morgan fingerprint density at radius 3 is 2.62 bits per heavy atom. The Morgan fingerprint density at radius 2 is 1.81 bits per heavy atom. The van der Waals surface area contributed by atoms with Crippen molar-refractivity contribution < 1.29 is 0 Å². The van der Waals surface area contributed by atoms with E-state index in [1.807, 2.05) is 66.0 Å². The summed E-state index contributed by atoms with van der Waals surface area (Å²) >= 11 is 9.24. The molecule has 3 nitrogen and oxygen atoms in total. The molecule has 4 aromatic rings. The van der Waals surface area contributed by atoms with Gasteiger partial charge in [-0.1, -0.05) is 71.9 Å². The Labute approximate surface area is 164 Å². The normalized spacial score (nSPS) is 11.1. The third-order valence-corrected chi connectivity index (χ3v) is 6.31. The van der Waals surface area contributed by atoms with Gasteiger partial charge in [0.1, 0.15) is 4.70 Å². The lowest BCUT2D eigenvalue weighted by molar-refractivity contribution is 0.659. The van der Waals surface area contributed by atoms with Crippen molar-refractivity contribution in [3.8, 4) is 0 Å². The van der Waals surface area contributed by atoms with Gasteiger partial charge in [-0.05, 0) is 28.6 Å². The van der Waals surface area contributed by atoms with Crippen LogP contribution in [0.5, 0.6) is 0 Å². The molecule has 0 saturated heterocycles. The number of aromatic nitrogens is 2. The van der Waals surface area contributed by atoms with E-state index in [4.69, 9.17) is 16.6 Å². The second-order valence-electron chi connectivity index (χ2n) is 5.79. The fourth-order valence-electron chi connectivity index (χ4n) is 2.70. The number of benzene rings is 2. The van der Waals surface area contributed by atoms with Gasteiger partial charge in [-0.25, -0.2) is 4.98 Å². The number of hydrogen-bond acceptors (Lipinski definition) is 4. The maximum Gasteiger partial charge on any atom is 0.272 e. The first-order valence-corrected chi connectivity index (χ1v) is 10.3. The van der Waals surface area contributed by atoms with Crippen molar-refractivity contribution in [3.63, 3.8) is 0 Å². The van der Waals surface area contributed by atoms with Crippen LogP contribution < -0.4 is 5.56 Å². The molecular weight excluding hydrogens is 384 g/mol. The predicted molar refractivity (Wildman–Crippen MR) is 110 cm³/mol. The molecule has 0 fully saturated rings. The molecule has 26 heavy (non-hydrogen) atoms. The minimum absolute atomic E-state index is 0.00973. The van der Waals surface area contributed by atoms with Crippen molar-refractivity contribution in [3.05, 3.63) is 92.5 Å². The van der Waals surface area contributed by atoms with Crippen LogP contribution >= 0.6 is 34.7 Å². The first-order valence-electron chi connectivity index (χ1n) is 8.10. The van der Waals surface area contributed by atoms with E-state index in [-0.39, 0.29) is 5.56 Å². The zero-order valence-corrected chi connectivity index (χ0v) is 16.2. The Morgan fingerprint density at radius 1 is 1.04 bits per heavy atom. The first kappa shape index (κ1) is 17.3. The quantitative estimate of drug-likeness (QED) is 0.331. The zero-order chi connectivity index (χ0) is 17.9. The van der Waals surface area contributed by atoms with Crippen LogP contribution in [-0.4, -0.2) is 9.55 Å². The Hall–Kier alpha value is -2.08. The van der Waals surface area contributed by atoms with E-state index in [2.05, 4.69) is 0 Å². The maximum atomic E-state index is 13.0. The van der Waals surface area contributed by atoms with Gasteiger partial charge in [-0.3, -0.25) is 9.36 Å². The largest absolute Gasteiger partial charge is 0.282 e. The monoisotopic (exact) mass is 398 g/mol. The van der Waals surface area contributed by atoms with Crippen molar-refractivity contribution in [2.24, 2.45) is 0 Å². The van der Waals surface area contributed by atoms with Crippen LogP contribution in [0.15, 0.2) is 76.0 Å². The van der Waals surface area contributed by atoms with Crippen LogP contribution in [0.1, 0.15) is 11.1 Å². The minimum Gasteiger partial charge on any atom is -0.282 e. The molecule has 2 aromatic heterocycles. The summed E-state index contributed by atoms with van der Waals surface area (Å²) < 4.78 is 2.46. The van der Waals surface area contributed by atoms with E-state index < -0.39 is 0 Å². The molecule has 4 rings (SSSR count). The molecule has 0 atom stereocenters. The molecule has 2 heterocycles. The van der Waals surface area contributed by atoms with Gasteiger partial charge in [0.2, 0.25) is 0 Å². The molecule has 0 unspecified atom stereocenters. The molecule has 0 spiro atoms. The van der Waals surface area contributed by atoms with Crippen molar-refractivity contribution in [2.45, 2.75) is 17.5 Å². The summed E-state index contributed by atoms with van der Waals surface area (Å²) in [5.41, 5.74) is 2.87. The number of thioether (sulfide) groups is 1. The van der Waals surface area contributed by atoms with Crippen LogP contribution in [0.4, 0.5) is 0 Å². The molecule has 2 aromatic carbocycles. The third-order valence-electron chi connectivity index (χ3n) is 4.03. The van der Waals surface area contributed by atoms with E-state index in [0.29, 0.717) is 22.2 Å². The molecule has 0 aliphatic rings.